The van der Waals surface area contributed by atoms with Crippen LogP contribution in [-0.2, 0) is 13.2 Å². The molecule has 0 spiro atoms. The maximum absolute atomic E-state index is 5.98. The maximum atomic E-state index is 5.98. The fourth-order valence-electron chi connectivity index (χ4n) is 2.39. The van der Waals surface area contributed by atoms with Crippen LogP contribution in [0, 0.1) is 20.8 Å². The van der Waals surface area contributed by atoms with Crippen LogP contribution in [0.2, 0.25) is 0 Å². The van der Waals surface area contributed by atoms with E-state index in [1.54, 1.807) is 7.11 Å². The van der Waals surface area contributed by atoms with Crippen LogP contribution >= 0.6 is 0 Å². The predicted molar refractivity (Wildman–Crippen MR) is 85.9 cm³/mol. The number of methoxy groups -OCH3 is 1. The van der Waals surface area contributed by atoms with Gasteiger partial charge in [0.15, 0.2) is 0 Å². The van der Waals surface area contributed by atoms with Crippen molar-refractivity contribution in [2.75, 3.05) is 7.11 Å². The van der Waals surface area contributed by atoms with Crippen molar-refractivity contribution in [3.8, 4) is 11.5 Å². The van der Waals surface area contributed by atoms with Crippen LogP contribution in [0.25, 0.3) is 0 Å². The first-order valence-electron chi connectivity index (χ1n) is 7.11. The van der Waals surface area contributed by atoms with Crippen molar-refractivity contribution in [3.05, 3.63) is 58.1 Å². The lowest BCUT2D eigenvalue weighted by molar-refractivity contribution is 0.303. The molecule has 0 aliphatic heterocycles. The number of rotatable bonds is 5. The third-order valence-electron chi connectivity index (χ3n) is 3.72. The SMILES string of the molecule is COc1ccc(COc2cc(C)cc(C)c2C)cc1CN. The van der Waals surface area contributed by atoms with Gasteiger partial charge in [0.1, 0.15) is 18.1 Å². The summed E-state index contributed by atoms with van der Waals surface area (Å²) in [5.74, 6) is 1.77. The molecule has 3 heteroatoms. The largest absolute Gasteiger partial charge is 0.496 e. The van der Waals surface area contributed by atoms with Crippen molar-refractivity contribution in [3.63, 3.8) is 0 Å². The summed E-state index contributed by atoms with van der Waals surface area (Å²) in [6.07, 6.45) is 0. The third-order valence-corrected chi connectivity index (χ3v) is 3.72. The van der Waals surface area contributed by atoms with Crippen molar-refractivity contribution in [2.24, 2.45) is 5.73 Å². The van der Waals surface area contributed by atoms with E-state index in [0.29, 0.717) is 13.2 Å². The third kappa shape index (κ3) is 3.56. The minimum Gasteiger partial charge on any atom is -0.496 e. The zero-order valence-electron chi connectivity index (χ0n) is 13.2. The monoisotopic (exact) mass is 285 g/mol. The van der Waals surface area contributed by atoms with Crippen LogP contribution < -0.4 is 15.2 Å². The van der Waals surface area contributed by atoms with Crippen LogP contribution in [0.4, 0.5) is 0 Å². The molecule has 0 aromatic heterocycles. The molecule has 0 saturated heterocycles. The first-order chi connectivity index (χ1) is 10.0. The molecule has 0 radical (unpaired) electrons. The standard InChI is InChI=1S/C18H23NO2/c1-12-7-13(2)14(3)18(8-12)21-11-15-5-6-17(20-4)16(9-15)10-19/h5-9H,10-11,19H2,1-4H3. The van der Waals surface area contributed by atoms with Gasteiger partial charge in [0.25, 0.3) is 0 Å². The van der Waals surface area contributed by atoms with E-state index < -0.39 is 0 Å². The Hall–Kier alpha value is -2.00. The van der Waals surface area contributed by atoms with E-state index in [4.69, 9.17) is 15.2 Å². The van der Waals surface area contributed by atoms with Gasteiger partial charge in [-0.15, -0.1) is 0 Å². The van der Waals surface area contributed by atoms with Crippen molar-refractivity contribution in [2.45, 2.75) is 33.9 Å². The Labute approximate surface area is 126 Å². The molecular weight excluding hydrogens is 262 g/mol. The molecule has 2 N–H and O–H groups in total. The Morgan fingerprint density at radius 2 is 1.76 bits per heavy atom. The topological polar surface area (TPSA) is 44.5 Å². The zero-order valence-corrected chi connectivity index (χ0v) is 13.2. The molecule has 3 nitrogen and oxygen atoms in total. The van der Waals surface area contributed by atoms with Crippen LogP contribution in [0.1, 0.15) is 27.8 Å². The molecule has 2 aromatic carbocycles. The minimum absolute atomic E-state index is 0.458. The van der Waals surface area contributed by atoms with E-state index in [-0.39, 0.29) is 0 Å². The van der Waals surface area contributed by atoms with Crippen LogP contribution in [0.3, 0.4) is 0 Å². The lowest BCUT2D eigenvalue weighted by Crippen LogP contribution is -2.03. The molecule has 112 valence electrons. The molecule has 21 heavy (non-hydrogen) atoms. The van der Waals surface area contributed by atoms with Gasteiger partial charge < -0.3 is 15.2 Å². The number of hydrogen-bond donors (Lipinski definition) is 1. The molecule has 0 aliphatic rings. The minimum atomic E-state index is 0.458. The summed E-state index contributed by atoms with van der Waals surface area (Å²) in [6, 6.07) is 10.2. The Kier molecular flexibility index (Phi) is 4.86. The van der Waals surface area contributed by atoms with Crippen molar-refractivity contribution < 1.29 is 9.47 Å². The van der Waals surface area contributed by atoms with Gasteiger partial charge in [-0.3, -0.25) is 0 Å². The smallest absolute Gasteiger partial charge is 0.123 e. The maximum Gasteiger partial charge on any atom is 0.123 e. The van der Waals surface area contributed by atoms with Gasteiger partial charge in [-0.05, 0) is 61.2 Å². The van der Waals surface area contributed by atoms with E-state index in [1.807, 2.05) is 18.2 Å². The Morgan fingerprint density at radius 3 is 2.43 bits per heavy atom. The molecule has 0 fully saturated rings. The molecule has 0 bridgehead atoms. The lowest BCUT2D eigenvalue weighted by Gasteiger charge is -2.14. The summed E-state index contributed by atoms with van der Waals surface area (Å²) in [5, 5.41) is 0. The number of hydrogen-bond acceptors (Lipinski definition) is 3. The van der Waals surface area contributed by atoms with Gasteiger partial charge in [-0.1, -0.05) is 12.1 Å². The number of aryl methyl sites for hydroxylation is 2. The Balaban J connectivity index is 2.17. The van der Waals surface area contributed by atoms with Gasteiger partial charge in [-0.2, -0.15) is 0 Å². The number of nitrogens with two attached hydrogens (primary N) is 1. The Bertz CT molecular complexity index is 635. The molecule has 0 heterocycles. The Morgan fingerprint density at radius 1 is 1.00 bits per heavy atom. The quantitative estimate of drug-likeness (QED) is 0.912. The normalized spacial score (nSPS) is 10.5. The highest BCUT2D eigenvalue weighted by atomic mass is 16.5. The zero-order chi connectivity index (χ0) is 15.4. The highest BCUT2D eigenvalue weighted by Crippen LogP contribution is 2.25. The number of ether oxygens (including phenoxy) is 2. The average Bonchev–Trinajstić information content (AvgIpc) is 2.49. The van der Waals surface area contributed by atoms with Crippen molar-refractivity contribution in [1.29, 1.82) is 0 Å². The molecule has 2 aromatic rings. The van der Waals surface area contributed by atoms with Crippen LogP contribution in [0.5, 0.6) is 11.5 Å². The second-order valence-electron chi connectivity index (χ2n) is 5.34. The molecule has 2 rings (SSSR count). The van der Waals surface area contributed by atoms with Crippen molar-refractivity contribution >= 4 is 0 Å². The summed E-state index contributed by atoms with van der Waals surface area (Å²) in [4.78, 5) is 0. The second-order valence-corrected chi connectivity index (χ2v) is 5.34. The summed E-state index contributed by atoms with van der Waals surface area (Å²) < 4.78 is 11.3. The van der Waals surface area contributed by atoms with E-state index in [1.165, 1.54) is 16.7 Å². The van der Waals surface area contributed by atoms with E-state index >= 15 is 0 Å². The van der Waals surface area contributed by atoms with E-state index in [0.717, 1.165) is 22.6 Å². The predicted octanol–water partition coefficient (Wildman–Crippen LogP) is 3.66. The fourth-order valence-corrected chi connectivity index (χ4v) is 2.39. The highest BCUT2D eigenvalue weighted by molar-refractivity contribution is 5.42. The highest BCUT2D eigenvalue weighted by Gasteiger charge is 2.06. The van der Waals surface area contributed by atoms with Crippen LogP contribution in [-0.4, -0.2) is 7.11 Å². The second kappa shape index (κ2) is 6.64. The number of benzene rings is 2. The summed E-state index contributed by atoms with van der Waals surface area (Å²) in [6.45, 7) is 7.26. The molecular formula is C18H23NO2. The average molecular weight is 285 g/mol. The summed E-state index contributed by atoms with van der Waals surface area (Å²) in [7, 11) is 1.66. The van der Waals surface area contributed by atoms with Gasteiger partial charge in [0, 0.05) is 12.1 Å². The summed E-state index contributed by atoms with van der Waals surface area (Å²) >= 11 is 0. The molecule has 0 saturated carbocycles. The van der Waals surface area contributed by atoms with E-state index in [9.17, 15) is 0 Å². The lowest BCUT2D eigenvalue weighted by atomic mass is 10.1. The van der Waals surface area contributed by atoms with Crippen LogP contribution in [0.15, 0.2) is 30.3 Å². The first-order valence-corrected chi connectivity index (χ1v) is 7.11. The first kappa shape index (κ1) is 15.4. The van der Waals surface area contributed by atoms with Gasteiger partial charge in [0.05, 0.1) is 7.11 Å². The van der Waals surface area contributed by atoms with Gasteiger partial charge in [-0.25, -0.2) is 0 Å². The van der Waals surface area contributed by atoms with Gasteiger partial charge in [0.2, 0.25) is 0 Å². The molecule has 0 atom stereocenters. The fraction of sp³-hybridized carbons (Fsp3) is 0.333. The van der Waals surface area contributed by atoms with Crippen molar-refractivity contribution in [1.82, 2.24) is 0 Å². The van der Waals surface area contributed by atoms with Gasteiger partial charge >= 0.3 is 0 Å². The molecule has 0 unspecified atom stereocenters. The van der Waals surface area contributed by atoms with E-state index in [2.05, 4.69) is 32.9 Å². The molecule has 0 amide bonds. The summed E-state index contributed by atoms with van der Waals surface area (Å²) in [5.41, 5.74) is 11.5. The molecule has 0 aliphatic carbocycles.